The molecule has 0 saturated heterocycles. The fraction of sp³-hybridized carbons (Fsp3) is 0.143. The highest BCUT2D eigenvalue weighted by atomic mass is 16.3. The van der Waals surface area contributed by atoms with Gasteiger partial charge >= 0.3 is 0 Å². The number of rotatable bonds is 3. The third-order valence-electron chi connectivity index (χ3n) is 4.94. The van der Waals surface area contributed by atoms with Gasteiger partial charge in [-0.25, -0.2) is 4.98 Å². The van der Waals surface area contributed by atoms with Gasteiger partial charge in [-0.1, -0.05) is 24.3 Å². The van der Waals surface area contributed by atoms with E-state index in [4.69, 9.17) is 4.42 Å². The number of aromatic nitrogens is 2. The standard InChI is InChI=1S/C21H17N3O3/c25-18-8-10-24-17-7-2-1-5-15(17)23-21(24)14(18)12-19(26)22-16-6-3-4-13-9-11-27-20(13)16/h1-7,9,11,25H,8,10,12H2,(H,22,26). The number of imidazole rings is 1. The average molecular weight is 359 g/mol. The number of fused-ring (bicyclic) bond motifs is 4. The molecule has 4 aromatic rings. The van der Waals surface area contributed by atoms with E-state index < -0.39 is 0 Å². The van der Waals surface area contributed by atoms with Crippen LogP contribution in [-0.4, -0.2) is 20.6 Å². The molecule has 2 aromatic carbocycles. The van der Waals surface area contributed by atoms with E-state index in [1.165, 1.54) is 0 Å². The van der Waals surface area contributed by atoms with Crippen molar-refractivity contribution in [3.8, 4) is 0 Å². The molecular formula is C21H17N3O3. The van der Waals surface area contributed by atoms with Gasteiger partial charge in [-0.2, -0.15) is 0 Å². The second kappa shape index (κ2) is 6.02. The van der Waals surface area contributed by atoms with Gasteiger partial charge in [0.2, 0.25) is 5.91 Å². The van der Waals surface area contributed by atoms with Crippen molar-refractivity contribution in [3.05, 3.63) is 66.4 Å². The van der Waals surface area contributed by atoms with Crippen LogP contribution in [0.1, 0.15) is 18.7 Å². The molecule has 1 aliphatic rings. The van der Waals surface area contributed by atoms with E-state index in [0.29, 0.717) is 35.6 Å². The lowest BCUT2D eigenvalue weighted by molar-refractivity contribution is -0.115. The summed E-state index contributed by atoms with van der Waals surface area (Å²) in [4.78, 5) is 17.3. The van der Waals surface area contributed by atoms with Gasteiger partial charge in [-0.05, 0) is 24.3 Å². The second-order valence-electron chi connectivity index (χ2n) is 6.62. The van der Waals surface area contributed by atoms with Gasteiger partial charge in [0.1, 0.15) is 11.6 Å². The molecule has 6 heteroatoms. The molecule has 1 aliphatic heterocycles. The molecule has 3 heterocycles. The summed E-state index contributed by atoms with van der Waals surface area (Å²) < 4.78 is 7.53. The quantitative estimate of drug-likeness (QED) is 0.565. The van der Waals surface area contributed by atoms with Crippen LogP contribution in [0.25, 0.3) is 27.6 Å². The number of hydrogen-bond donors (Lipinski definition) is 2. The summed E-state index contributed by atoms with van der Waals surface area (Å²) in [6.45, 7) is 0.651. The molecule has 0 atom stereocenters. The van der Waals surface area contributed by atoms with Crippen molar-refractivity contribution in [3.63, 3.8) is 0 Å². The lowest BCUT2D eigenvalue weighted by Gasteiger charge is -2.19. The Hall–Kier alpha value is -3.54. The topological polar surface area (TPSA) is 80.3 Å². The van der Waals surface area contributed by atoms with Crippen molar-refractivity contribution in [1.29, 1.82) is 0 Å². The van der Waals surface area contributed by atoms with E-state index in [1.807, 2.05) is 42.5 Å². The van der Waals surface area contributed by atoms with Crippen molar-refractivity contribution in [2.75, 3.05) is 5.32 Å². The number of aryl methyl sites for hydroxylation is 1. The zero-order valence-corrected chi connectivity index (χ0v) is 14.5. The first-order valence-corrected chi connectivity index (χ1v) is 8.83. The van der Waals surface area contributed by atoms with Crippen LogP contribution in [0.2, 0.25) is 0 Å². The molecule has 6 nitrogen and oxygen atoms in total. The molecule has 0 saturated carbocycles. The molecule has 0 aliphatic carbocycles. The van der Waals surface area contributed by atoms with Gasteiger partial charge in [0.25, 0.3) is 0 Å². The Balaban J connectivity index is 1.46. The minimum atomic E-state index is -0.221. The number of carbonyl (C=O) groups excluding carboxylic acids is 1. The molecule has 134 valence electrons. The molecule has 0 bridgehead atoms. The molecule has 0 radical (unpaired) electrons. The number of allylic oxidation sites excluding steroid dienone is 1. The highest BCUT2D eigenvalue weighted by molar-refractivity contribution is 6.03. The highest BCUT2D eigenvalue weighted by Crippen LogP contribution is 2.32. The first kappa shape index (κ1) is 15.7. The number of para-hydroxylation sites is 3. The van der Waals surface area contributed by atoms with Crippen molar-refractivity contribution >= 4 is 39.2 Å². The molecule has 5 rings (SSSR count). The first-order valence-electron chi connectivity index (χ1n) is 8.83. The molecule has 2 N–H and O–H groups in total. The Morgan fingerprint density at radius 3 is 3.00 bits per heavy atom. The van der Waals surface area contributed by atoms with Gasteiger partial charge in [-0.3, -0.25) is 4.79 Å². The van der Waals surface area contributed by atoms with Crippen LogP contribution in [0.5, 0.6) is 0 Å². The van der Waals surface area contributed by atoms with Crippen molar-refractivity contribution in [1.82, 2.24) is 9.55 Å². The Kier molecular flexibility index (Phi) is 3.50. The van der Waals surface area contributed by atoms with Crippen LogP contribution in [0.3, 0.4) is 0 Å². The maximum atomic E-state index is 12.7. The number of nitrogens with zero attached hydrogens (tertiary/aromatic N) is 2. The van der Waals surface area contributed by atoms with Crippen molar-refractivity contribution < 1.29 is 14.3 Å². The van der Waals surface area contributed by atoms with Gasteiger partial charge in [0.15, 0.2) is 5.58 Å². The van der Waals surface area contributed by atoms with E-state index in [0.717, 1.165) is 16.4 Å². The van der Waals surface area contributed by atoms with Gasteiger partial charge in [-0.15, -0.1) is 0 Å². The lowest BCUT2D eigenvalue weighted by Crippen LogP contribution is -2.18. The van der Waals surface area contributed by atoms with Gasteiger partial charge < -0.3 is 19.4 Å². The number of benzene rings is 2. The summed E-state index contributed by atoms with van der Waals surface area (Å²) in [6, 6.07) is 15.3. The number of carbonyl (C=O) groups is 1. The summed E-state index contributed by atoms with van der Waals surface area (Å²) in [5.41, 5.74) is 3.70. The Bertz CT molecular complexity index is 1220. The zero-order chi connectivity index (χ0) is 18.4. The molecule has 1 amide bonds. The van der Waals surface area contributed by atoms with Crippen LogP contribution >= 0.6 is 0 Å². The van der Waals surface area contributed by atoms with Crippen LogP contribution in [0.15, 0.2) is 65.0 Å². The number of hydrogen-bond acceptors (Lipinski definition) is 4. The van der Waals surface area contributed by atoms with Crippen LogP contribution in [0, 0.1) is 0 Å². The number of anilines is 1. The predicted octanol–water partition coefficient (Wildman–Crippen LogP) is 4.48. The Labute approximate surface area is 154 Å². The highest BCUT2D eigenvalue weighted by Gasteiger charge is 2.24. The van der Waals surface area contributed by atoms with E-state index in [1.54, 1.807) is 12.3 Å². The second-order valence-corrected chi connectivity index (χ2v) is 6.62. The molecule has 2 aromatic heterocycles. The van der Waals surface area contributed by atoms with E-state index >= 15 is 0 Å². The molecule has 0 fully saturated rings. The lowest BCUT2D eigenvalue weighted by atomic mass is 10.0. The Morgan fingerprint density at radius 2 is 2.07 bits per heavy atom. The summed E-state index contributed by atoms with van der Waals surface area (Å²) in [5, 5.41) is 14.2. The predicted molar refractivity (Wildman–Crippen MR) is 103 cm³/mol. The SMILES string of the molecule is O=C(CC1=C(O)CCn2c1nc1ccccc12)Nc1cccc2ccoc12. The third kappa shape index (κ3) is 2.57. The average Bonchev–Trinajstić information content (AvgIpc) is 3.29. The maximum absolute atomic E-state index is 12.7. The van der Waals surface area contributed by atoms with Gasteiger partial charge in [0.05, 0.1) is 29.4 Å². The maximum Gasteiger partial charge on any atom is 0.229 e. The first-order chi connectivity index (χ1) is 13.2. The molecule has 0 unspecified atom stereocenters. The largest absolute Gasteiger partial charge is 0.512 e. The van der Waals surface area contributed by atoms with Crippen LogP contribution in [-0.2, 0) is 11.3 Å². The van der Waals surface area contributed by atoms with Crippen LogP contribution in [0.4, 0.5) is 5.69 Å². The fourth-order valence-electron chi connectivity index (χ4n) is 3.66. The van der Waals surface area contributed by atoms with E-state index in [2.05, 4.69) is 14.9 Å². The summed E-state index contributed by atoms with van der Waals surface area (Å²) in [7, 11) is 0. The minimum Gasteiger partial charge on any atom is -0.512 e. The molecule has 0 spiro atoms. The Morgan fingerprint density at radius 1 is 1.19 bits per heavy atom. The normalized spacial score (nSPS) is 13.9. The molecule has 27 heavy (non-hydrogen) atoms. The number of amides is 1. The fourth-order valence-corrected chi connectivity index (χ4v) is 3.66. The van der Waals surface area contributed by atoms with Crippen molar-refractivity contribution in [2.24, 2.45) is 0 Å². The summed E-state index contributed by atoms with van der Waals surface area (Å²) >= 11 is 0. The van der Waals surface area contributed by atoms with E-state index in [9.17, 15) is 9.90 Å². The third-order valence-corrected chi connectivity index (χ3v) is 4.94. The monoisotopic (exact) mass is 359 g/mol. The number of aliphatic hydroxyl groups excluding tert-OH is 1. The number of furan rings is 1. The van der Waals surface area contributed by atoms with Crippen molar-refractivity contribution in [2.45, 2.75) is 19.4 Å². The van der Waals surface area contributed by atoms with Gasteiger partial charge in [0, 0.05) is 23.9 Å². The smallest absolute Gasteiger partial charge is 0.229 e. The number of nitrogens with one attached hydrogen (secondary N) is 1. The number of aliphatic hydroxyl groups is 1. The van der Waals surface area contributed by atoms with E-state index in [-0.39, 0.29) is 18.1 Å². The summed E-state index contributed by atoms with van der Waals surface area (Å²) in [6.07, 6.45) is 2.13. The minimum absolute atomic E-state index is 0.0479. The molecular weight excluding hydrogens is 342 g/mol. The summed E-state index contributed by atoms with van der Waals surface area (Å²) in [5.74, 6) is 0.663. The zero-order valence-electron chi connectivity index (χ0n) is 14.5. The van der Waals surface area contributed by atoms with Crippen LogP contribution < -0.4 is 5.32 Å².